The van der Waals surface area contributed by atoms with E-state index in [2.05, 4.69) is 4.98 Å². The lowest BCUT2D eigenvalue weighted by Gasteiger charge is -2.24. The van der Waals surface area contributed by atoms with Crippen LogP contribution in [0.3, 0.4) is 0 Å². The lowest BCUT2D eigenvalue weighted by atomic mass is 10.2. The van der Waals surface area contributed by atoms with Crippen LogP contribution in [0.1, 0.15) is 18.4 Å². The molecule has 1 heterocycles. The van der Waals surface area contributed by atoms with Crippen LogP contribution in [0.15, 0.2) is 30.5 Å². The van der Waals surface area contributed by atoms with E-state index in [4.69, 9.17) is 16.3 Å². The number of phenolic OH excluding ortho intramolecular Hbond substituents is 1. The van der Waals surface area contributed by atoms with Crippen molar-refractivity contribution in [1.82, 2.24) is 4.98 Å². The van der Waals surface area contributed by atoms with E-state index in [9.17, 15) is 15.2 Å². The Bertz CT molecular complexity index is 780. The second-order valence-electron chi connectivity index (χ2n) is 5.62. The summed E-state index contributed by atoms with van der Waals surface area (Å²) in [5.41, 5.74) is 0.790. The van der Waals surface area contributed by atoms with Gasteiger partial charge in [-0.1, -0.05) is 17.7 Å². The Labute approximate surface area is 143 Å². The van der Waals surface area contributed by atoms with Crippen LogP contribution in [-0.2, 0) is 6.54 Å². The predicted octanol–water partition coefficient (Wildman–Crippen LogP) is 3.53. The maximum Gasteiger partial charge on any atom is 0.289 e. The van der Waals surface area contributed by atoms with Gasteiger partial charge in [0.05, 0.1) is 17.1 Å². The van der Waals surface area contributed by atoms with E-state index in [1.165, 1.54) is 19.4 Å². The van der Waals surface area contributed by atoms with E-state index < -0.39 is 4.92 Å². The number of phenols is 1. The Balaban J connectivity index is 1.90. The fourth-order valence-electron chi connectivity index (χ4n) is 2.51. The molecule has 1 aromatic heterocycles. The van der Waals surface area contributed by atoms with Crippen molar-refractivity contribution in [2.24, 2.45) is 0 Å². The lowest BCUT2D eigenvalue weighted by molar-refractivity contribution is -0.385. The number of aromatic nitrogens is 1. The van der Waals surface area contributed by atoms with Gasteiger partial charge in [-0.25, -0.2) is 4.98 Å². The number of pyridine rings is 1. The first-order chi connectivity index (χ1) is 11.5. The average Bonchev–Trinajstić information content (AvgIpc) is 3.39. The standard InChI is InChI=1S/C16H16ClN3O4/c1-24-15-6-10(2-5-14(15)21)9-19(11-3-4-11)16-13(17)7-12(8-18-16)20(22)23/h2,5-8,11,21H,3-4,9H2,1H3. The Morgan fingerprint density at radius 3 is 2.79 bits per heavy atom. The second kappa shape index (κ2) is 6.52. The maximum atomic E-state index is 10.8. The summed E-state index contributed by atoms with van der Waals surface area (Å²) in [5.74, 6) is 0.994. The minimum absolute atomic E-state index is 0.0747. The smallest absolute Gasteiger partial charge is 0.289 e. The van der Waals surface area contributed by atoms with Crippen LogP contribution < -0.4 is 9.64 Å². The normalized spacial score (nSPS) is 13.6. The van der Waals surface area contributed by atoms with E-state index in [0.29, 0.717) is 24.2 Å². The van der Waals surface area contributed by atoms with E-state index >= 15 is 0 Å². The number of methoxy groups -OCH3 is 1. The molecule has 0 spiro atoms. The van der Waals surface area contributed by atoms with E-state index in [1.54, 1.807) is 18.2 Å². The molecule has 8 heteroatoms. The van der Waals surface area contributed by atoms with Crippen LogP contribution in [0, 0.1) is 10.1 Å². The van der Waals surface area contributed by atoms with Gasteiger partial charge in [-0.15, -0.1) is 0 Å². The molecule has 0 saturated heterocycles. The minimum atomic E-state index is -0.519. The molecule has 24 heavy (non-hydrogen) atoms. The van der Waals surface area contributed by atoms with Crippen LogP contribution in [0.5, 0.6) is 11.5 Å². The number of hydrogen-bond donors (Lipinski definition) is 1. The van der Waals surface area contributed by atoms with Crippen LogP contribution >= 0.6 is 11.6 Å². The van der Waals surface area contributed by atoms with Gasteiger partial charge < -0.3 is 14.7 Å². The van der Waals surface area contributed by atoms with Gasteiger partial charge in [-0.3, -0.25) is 10.1 Å². The molecule has 0 atom stereocenters. The number of anilines is 1. The first-order valence-corrected chi connectivity index (χ1v) is 7.80. The molecule has 3 rings (SSSR count). The number of rotatable bonds is 6. The number of nitro groups is 1. The fourth-order valence-corrected chi connectivity index (χ4v) is 2.78. The van der Waals surface area contributed by atoms with Crippen LogP contribution in [0.2, 0.25) is 5.02 Å². The number of hydrogen-bond acceptors (Lipinski definition) is 6. The highest BCUT2D eigenvalue weighted by molar-refractivity contribution is 6.33. The van der Waals surface area contributed by atoms with Crippen molar-refractivity contribution >= 4 is 23.1 Å². The van der Waals surface area contributed by atoms with Crippen molar-refractivity contribution in [2.45, 2.75) is 25.4 Å². The number of aromatic hydroxyl groups is 1. The summed E-state index contributed by atoms with van der Waals surface area (Å²) < 4.78 is 5.13. The van der Waals surface area contributed by atoms with E-state index in [1.807, 2.05) is 4.90 Å². The summed E-state index contributed by atoms with van der Waals surface area (Å²) in [6.07, 6.45) is 3.25. The molecular formula is C16H16ClN3O4. The molecule has 0 radical (unpaired) electrons. The van der Waals surface area contributed by atoms with Crippen LogP contribution in [0.25, 0.3) is 0 Å². The third-order valence-electron chi connectivity index (χ3n) is 3.87. The van der Waals surface area contributed by atoms with Gasteiger partial charge in [0.2, 0.25) is 0 Å². The fraction of sp³-hybridized carbons (Fsp3) is 0.312. The zero-order chi connectivity index (χ0) is 17.3. The minimum Gasteiger partial charge on any atom is -0.504 e. The van der Waals surface area contributed by atoms with Crippen molar-refractivity contribution in [3.05, 3.63) is 51.2 Å². The molecule has 0 unspecified atom stereocenters. The Kier molecular flexibility index (Phi) is 4.44. The Morgan fingerprint density at radius 1 is 1.46 bits per heavy atom. The topological polar surface area (TPSA) is 88.7 Å². The first-order valence-electron chi connectivity index (χ1n) is 7.42. The maximum absolute atomic E-state index is 10.8. The first kappa shape index (κ1) is 16.3. The molecule has 0 aliphatic heterocycles. The third-order valence-corrected chi connectivity index (χ3v) is 4.15. The molecule has 1 N–H and O–H groups in total. The Hall–Kier alpha value is -2.54. The van der Waals surface area contributed by atoms with Crippen LogP contribution in [-0.4, -0.2) is 28.2 Å². The van der Waals surface area contributed by atoms with Crippen LogP contribution in [0.4, 0.5) is 11.5 Å². The summed E-state index contributed by atoms with van der Waals surface area (Å²) in [5, 5.41) is 20.8. The molecule has 2 aromatic rings. The number of halogens is 1. The number of benzene rings is 1. The quantitative estimate of drug-likeness (QED) is 0.634. The zero-order valence-electron chi connectivity index (χ0n) is 13.0. The summed E-state index contributed by atoms with van der Waals surface area (Å²) in [6.45, 7) is 0.520. The summed E-state index contributed by atoms with van der Waals surface area (Å²) in [6, 6.07) is 6.74. The summed E-state index contributed by atoms with van der Waals surface area (Å²) >= 11 is 6.22. The van der Waals surface area contributed by atoms with Crippen molar-refractivity contribution in [3.8, 4) is 11.5 Å². The Morgan fingerprint density at radius 2 is 2.21 bits per heavy atom. The van der Waals surface area contributed by atoms with Gasteiger partial charge in [0, 0.05) is 18.7 Å². The lowest BCUT2D eigenvalue weighted by Crippen LogP contribution is -2.26. The van der Waals surface area contributed by atoms with Crippen molar-refractivity contribution in [1.29, 1.82) is 0 Å². The van der Waals surface area contributed by atoms with Gasteiger partial charge >= 0.3 is 0 Å². The van der Waals surface area contributed by atoms with Gasteiger partial charge in [-0.05, 0) is 30.5 Å². The van der Waals surface area contributed by atoms with Gasteiger partial charge in [-0.2, -0.15) is 0 Å². The van der Waals surface area contributed by atoms with E-state index in [0.717, 1.165) is 18.4 Å². The van der Waals surface area contributed by atoms with Crippen molar-refractivity contribution in [2.75, 3.05) is 12.0 Å². The molecule has 7 nitrogen and oxygen atoms in total. The van der Waals surface area contributed by atoms with E-state index in [-0.39, 0.29) is 16.5 Å². The summed E-state index contributed by atoms with van der Waals surface area (Å²) in [4.78, 5) is 16.5. The van der Waals surface area contributed by atoms with Gasteiger partial charge in [0.15, 0.2) is 11.5 Å². The second-order valence-corrected chi connectivity index (χ2v) is 6.03. The third kappa shape index (κ3) is 3.35. The van der Waals surface area contributed by atoms with Gasteiger partial charge in [0.1, 0.15) is 12.0 Å². The highest BCUT2D eigenvalue weighted by Crippen LogP contribution is 2.37. The molecular weight excluding hydrogens is 334 g/mol. The molecule has 1 fully saturated rings. The monoisotopic (exact) mass is 349 g/mol. The van der Waals surface area contributed by atoms with Crippen molar-refractivity contribution < 1.29 is 14.8 Å². The molecule has 1 aliphatic carbocycles. The molecule has 1 aliphatic rings. The zero-order valence-corrected chi connectivity index (χ0v) is 13.7. The largest absolute Gasteiger partial charge is 0.504 e. The average molecular weight is 350 g/mol. The highest BCUT2D eigenvalue weighted by atomic mass is 35.5. The summed E-state index contributed by atoms with van der Waals surface area (Å²) in [7, 11) is 1.49. The molecule has 0 bridgehead atoms. The number of ether oxygens (including phenoxy) is 1. The SMILES string of the molecule is COc1cc(CN(c2ncc([N+](=O)[O-])cc2Cl)C2CC2)ccc1O. The predicted molar refractivity (Wildman–Crippen MR) is 89.8 cm³/mol. The highest BCUT2D eigenvalue weighted by Gasteiger charge is 2.32. The van der Waals surface area contributed by atoms with Crippen molar-refractivity contribution in [3.63, 3.8) is 0 Å². The molecule has 126 valence electrons. The van der Waals surface area contributed by atoms with Gasteiger partial charge in [0.25, 0.3) is 5.69 Å². The molecule has 1 saturated carbocycles. The number of nitrogens with zero attached hydrogens (tertiary/aromatic N) is 3. The molecule has 0 amide bonds. The molecule has 1 aromatic carbocycles.